The van der Waals surface area contributed by atoms with Crippen molar-refractivity contribution in [3.8, 4) is 28.7 Å². The Kier molecular flexibility index (Phi) is 107. The Bertz CT molecular complexity index is 3560. The predicted octanol–water partition coefficient (Wildman–Crippen LogP) is 9.91. The number of hydrogen-bond donors (Lipinski definition) is 4. The summed E-state index contributed by atoms with van der Waals surface area (Å²) in [5.74, 6) is 3.78. The first-order valence-corrected chi connectivity index (χ1v) is 45.8. The smallest absolute Gasteiger partial charge is 0.793 e. The van der Waals surface area contributed by atoms with Gasteiger partial charge in [-0.3, -0.25) is 13.9 Å². The van der Waals surface area contributed by atoms with Crippen LogP contribution in [0.3, 0.4) is 0 Å². The Morgan fingerprint density at radius 1 is 0.391 bits per heavy atom. The fourth-order valence-electron chi connectivity index (χ4n) is 9.75. The fourth-order valence-corrected chi connectivity index (χ4v) is 9.75. The number of nitrogens with two attached hydrogens (primary N) is 2. The predicted molar refractivity (Wildman–Crippen MR) is 530 cm³/mol. The SMILES string of the molecule is C.CBr.CC(=O)OOC(C)=O.COCCN(CCOC)C(C)C(=O)Oc1c(C)cccc1C.COCCNC(C)C(=O)Oc1c(C)cccc1C.COCCOCCOCCOCCCNC(C)COc1c(C)cccc1C.COCCOCCOCCOCCOC.COS(C)(=O)=O.Cc1cccc(C)c1OCC(C)N.Cc1cccc(C)c1OCC(C)N.Cl.Cl.[B-]OC(C)=O.[Na+]. The Morgan fingerprint density at radius 3 is 0.887 bits per heavy atom. The van der Waals surface area contributed by atoms with E-state index < -0.39 is 28.0 Å². The molecule has 5 rings (SSSR count). The van der Waals surface area contributed by atoms with Crippen molar-refractivity contribution >= 4 is 88.8 Å². The zero-order valence-corrected chi connectivity index (χ0v) is 90.2. The van der Waals surface area contributed by atoms with Crippen LogP contribution in [0.1, 0.15) is 125 Å². The molecule has 5 aromatic carbocycles. The van der Waals surface area contributed by atoms with E-state index in [2.05, 4.69) is 92.2 Å². The summed E-state index contributed by atoms with van der Waals surface area (Å²) in [6, 6.07) is 29.8. The number of benzene rings is 5. The van der Waals surface area contributed by atoms with Gasteiger partial charge in [0.2, 0.25) is 5.97 Å². The average molecular weight is 2030 g/mol. The second-order valence-electron chi connectivity index (χ2n) is 28.7. The van der Waals surface area contributed by atoms with Crippen molar-refractivity contribution < 1.29 is 161 Å². The average Bonchev–Trinajstić information content (AvgIpc) is 0.830. The number of para-hydroxylation sites is 5. The van der Waals surface area contributed by atoms with Crippen molar-refractivity contribution in [1.82, 2.24) is 15.5 Å². The molecule has 5 aromatic rings. The van der Waals surface area contributed by atoms with E-state index in [0.29, 0.717) is 169 Å². The van der Waals surface area contributed by atoms with Gasteiger partial charge in [0.1, 0.15) is 60.7 Å². The summed E-state index contributed by atoms with van der Waals surface area (Å²) < 4.78 is 117. The largest absolute Gasteiger partial charge is 1.00 e. The molecule has 0 saturated carbocycles. The van der Waals surface area contributed by atoms with Gasteiger partial charge in [0.15, 0.2) is 0 Å². The molecule has 5 unspecified atom stereocenters. The van der Waals surface area contributed by atoms with Crippen molar-refractivity contribution in [1.29, 1.82) is 0 Å². The summed E-state index contributed by atoms with van der Waals surface area (Å²) in [7, 11) is 12.2. The number of nitrogens with zero attached hydrogens (tertiary/aromatic N) is 1. The molecular weight excluding hydrogens is 1860 g/mol. The fraction of sp³-hybridized carbons (Fsp3) is 0.628. The van der Waals surface area contributed by atoms with Gasteiger partial charge in [0.25, 0.3) is 10.1 Å². The normalized spacial score (nSPS) is 11.2. The van der Waals surface area contributed by atoms with Crippen LogP contribution in [0.2, 0.25) is 0 Å². The number of carbonyl (C=O) groups is 5. The van der Waals surface area contributed by atoms with Gasteiger partial charge in [-0.05, 0) is 178 Å². The molecule has 33 nitrogen and oxygen atoms in total. The second kappa shape index (κ2) is 97.8. The molecule has 6 N–H and O–H groups in total. The third kappa shape index (κ3) is 87.5. The molecule has 0 saturated heterocycles. The number of methoxy groups -OCH3 is 6. The Hall–Kier alpha value is -5.80. The van der Waals surface area contributed by atoms with E-state index in [4.69, 9.17) is 92.0 Å². The van der Waals surface area contributed by atoms with E-state index in [1.165, 1.54) is 40.3 Å². The second-order valence-corrected chi connectivity index (χ2v) is 30.4. The molecule has 0 aliphatic heterocycles. The minimum Gasteiger partial charge on any atom is -0.793 e. The summed E-state index contributed by atoms with van der Waals surface area (Å²) in [4.78, 5) is 63.1. The number of nitrogens with one attached hydrogen (secondary N) is 2. The Balaban J connectivity index is -0.000000191. The summed E-state index contributed by atoms with van der Waals surface area (Å²) in [6.07, 6.45) is 1.96. The number of alkyl halides is 1. The van der Waals surface area contributed by atoms with E-state index in [9.17, 15) is 32.4 Å². The van der Waals surface area contributed by atoms with Crippen LogP contribution >= 0.6 is 40.7 Å². The molecule has 39 heteroatoms. The molecule has 0 heterocycles. The van der Waals surface area contributed by atoms with Crippen LogP contribution in [0.4, 0.5) is 0 Å². The molecule has 133 heavy (non-hydrogen) atoms. The number of halogens is 3. The van der Waals surface area contributed by atoms with Gasteiger partial charge < -0.3 is 115 Å². The topological polar surface area (TPSA) is 393 Å². The molecule has 3 radical (unpaired) electrons. The molecular formula is C94H165BBrCl2N5NaO28S. The van der Waals surface area contributed by atoms with Crippen LogP contribution in [-0.4, -0.2) is 308 Å². The van der Waals surface area contributed by atoms with Crippen LogP contribution in [0, 0.1) is 69.2 Å². The first-order chi connectivity index (χ1) is 61.3. The quantitative estimate of drug-likeness (QED) is 0.00411. The van der Waals surface area contributed by atoms with Gasteiger partial charge in [-0.25, -0.2) is 29.0 Å². The molecule has 0 fully saturated rings. The van der Waals surface area contributed by atoms with Gasteiger partial charge >= 0.3 is 53.4 Å². The van der Waals surface area contributed by atoms with Crippen LogP contribution in [0.15, 0.2) is 91.0 Å². The van der Waals surface area contributed by atoms with Crippen LogP contribution in [0.25, 0.3) is 0 Å². The molecule has 0 aliphatic carbocycles. The van der Waals surface area contributed by atoms with Crippen LogP contribution < -0.4 is 75.3 Å². The zero-order chi connectivity index (χ0) is 98.8. The van der Waals surface area contributed by atoms with Gasteiger partial charge in [0, 0.05) is 108 Å². The molecule has 0 aromatic heterocycles. The number of aryl methyl sites for hydroxylation is 10. The molecule has 0 amide bonds. The Labute approximate surface area is 841 Å². The first kappa shape index (κ1) is 145. The maximum Gasteiger partial charge on any atom is 1.00 e. The maximum atomic E-state index is 12.4. The Morgan fingerprint density at radius 2 is 0.639 bits per heavy atom. The van der Waals surface area contributed by atoms with E-state index in [0.717, 1.165) is 86.3 Å². The molecule has 0 bridgehead atoms. The van der Waals surface area contributed by atoms with E-state index in [-0.39, 0.29) is 97.9 Å². The summed E-state index contributed by atoms with van der Waals surface area (Å²) in [5.41, 5.74) is 22.1. The van der Waals surface area contributed by atoms with Crippen molar-refractivity contribution in [2.45, 2.75) is 169 Å². The number of esters is 2. The summed E-state index contributed by atoms with van der Waals surface area (Å²) in [6.45, 7) is 48.8. The third-order valence-electron chi connectivity index (χ3n) is 16.6. The van der Waals surface area contributed by atoms with Crippen molar-refractivity contribution in [2.24, 2.45) is 11.5 Å². The number of ether oxygens (including phenoxy) is 17. The molecule has 0 spiro atoms. The number of rotatable bonds is 51. The molecule has 5 atom stereocenters. The van der Waals surface area contributed by atoms with Gasteiger partial charge in [-0.2, -0.15) is 8.42 Å². The van der Waals surface area contributed by atoms with E-state index in [1.807, 2.05) is 160 Å². The monoisotopic (exact) mass is 2030 g/mol. The minimum absolute atomic E-state index is 0. The zero-order valence-electron chi connectivity index (χ0n) is 84.1. The third-order valence-corrected chi connectivity index (χ3v) is 17.2. The molecule has 0 aliphatic rings. The van der Waals surface area contributed by atoms with Crippen LogP contribution in [0.5, 0.6) is 28.7 Å². The van der Waals surface area contributed by atoms with Gasteiger partial charge in [-0.1, -0.05) is 114 Å². The minimum atomic E-state index is -3.16. The van der Waals surface area contributed by atoms with Gasteiger partial charge in [0.05, 0.1) is 126 Å². The standard InChI is InChI=1S/C21H37NO5.C17H27NO4.C14H21NO3.2C11H17NO.C10H22O5.C4H6O4.C2H3BO2.C2H6O3S.CH3Br.CH4.2ClH.Na/c1-18-7-5-8-19(2)21(18)27-17-20(3)22-9-6-10-24-13-14-26-16-15-25-12-11-23-4;1-13-7-6-8-14(2)16(13)22-17(19)15(3)18(9-11-20-4)10-12-21-5;1-10-6-5-7-11(2)13(10)18-14(16)12(3)15-8-9-17-4;2*1-8-5-4-6-9(2)11(8)13-7-10(3)12;1-11-3-5-13-7-9-15-10-8-14-6-4-12-2;1-3(5)7-8-4(2)6;1-2(4)5-3;1-5-6(2,3)4;1-2;;;;/h5,7-8,20,22H,6,9-17H2,1-4H3;6-8,15H,9-12H2,1-5H3;5-7,12,15H,8-9H2,1-4H3;2*4-6,10H,7,12H2,1-3H3;3-10H2,1-2H3;1-2H3;1H3;1-2H3;1H3;1H4;2*1H;/q;;;;;;;-1;;;;;;+1. The summed E-state index contributed by atoms with van der Waals surface area (Å²) in [5, 5.41) is 6.51. The van der Waals surface area contributed by atoms with Crippen molar-refractivity contribution in [2.75, 3.05) is 227 Å². The molecule has 765 valence electrons. The number of hydrogen-bond acceptors (Lipinski definition) is 33. The first-order valence-electron chi connectivity index (χ1n) is 42.4. The summed E-state index contributed by atoms with van der Waals surface area (Å²) >= 11 is 2.94. The van der Waals surface area contributed by atoms with Crippen LogP contribution in [-0.2, 0) is 110 Å². The maximum absolute atomic E-state index is 12.4. The van der Waals surface area contributed by atoms with Gasteiger partial charge in [-0.15, -0.1) is 24.8 Å². The van der Waals surface area contributed by atoms with E-state index >= 15 is 0 Å². The number of carbonyl (C=O) groups excluding carboxylic acids is 5. The van der Waals surface area contributed by atoms with Crippen molar-refractivity contribution in [3.05, 3.63) is 147 Å². The van der Waals surface area contributed by atoms with Crippen molar-refractivity contribution in [3.63, 3.8) is 0 Å². The van der Waals surface area contributed by atoms with E-state index in [1.54, 1.807) is 49.6 Å².